The van der Waals surface area contributed by atoms with E-state index in [4.69, 9.17) is 10.5 Å². The number of likely N-dealkylation sites (tertiary alicyclic amines) is 1. The summed E-state index contributed by atoms with van der Waals surface area (Å²) >= 11 is 0. The Labute approximate surface area is 121 Å². The van der Waals surface area contributed by atoms with Crippen molar-refractivity contribution in [1.29, 1.82) is 0 Å². The number of amides is 1. The molecule has 5 nitrogen and oxygen atoms in total. The van der Waals surface area contributed by atoms with E-state index in [2.05, 4.69) is 10.2 Å². The summed E-state index contributed by atoms with van der Waals surface area (Å²) in [5, 5.41) is 2.97. The summed E-state index contributed by atoms with van der Waals surface area (Å²) < 4.78 is 5.49. The molecule has 2 aliphatic rings. The highest BCUT2D eigenvalue weighted by molar-refractivity contribution is 5.85. The molecule has 2 rings (SSSR count). The number of nitrogens with two attached hydrogens (primary N) is 1. The van der Waals surface area contributed by atoms with Crippen LogP contribution < -0.4 is 11.1 Å². The van der Waals surface area contributed by atoms with Gasteiger partial charge in [0, 0.05) is 25.7 Å². The Kier molecular flexibility index (Phi) is 7.68. The Morgan fingerprint density at radius 3 is 2.84 bits per heavy atom. The summed E-state index contributed by atoms with van der Waals surface area (Å²) in [5.41, 5.74) is 5.75. The van der Waals surface area contributed by atoms with Crippen LogP contribution in [0.25, 0.3) is 0 Å². The first-order valence-corrected chi connectivity index (χ1v) is 7.12. The van der Waals surface area contributed by atoms with Crippen LogP contribution in [0.3, 0.4) is 0 Å². The van der Waals surface area contributed by atoms with Crippen molar-refractivity contribution < 1.29 is 9.53 Å². The van der Waals surface area contributed by atoms with Crippen LogP contribution in [0.15, 0.2) is 0 Å². The number of hydrogen-bond donors (Lipinski definition) is 2. The number of ether oxygens (including phenoxy) is 1. The topological polar surface area (TPSA) is 67.6 Å². The van der Waals surface area contributed by atoms with Gasteiger partial charge < -0.3 is 15.8 Å². The van der Waals surface area contributed by atoms with Gasteiger partial charge in [0.2, 0.25) is 5.91 Å². The van der Waals surface area contributed by atoms with Gasteiger partial charge in [0.05, 0.1) is 12.6 Å². The van der Waals surface area contributed by atoms with Gasteiger partial charge >= 0.3 is 0 Å². The summed E-state index contributed by atoms with van der Waals surface area (Å²) in [6, 6.07) is 0.382. The van der Waals surface area contributed by atoms with E-state index in [-0.39, 0.29) is 24.4 Å². The predicted octanol–water partition coefficient (Wildman–Crippen LogP) is 0.517. The normalized spacial score (nSPS) is 27.8. The lowest BCUT2D eigenvalue weighted by Crippen LogP contribution is -2.49. The summed E-state index contributed by atoms with van der Waals surface area (Å²) in [6.07, 6.45) is 5.93. The molecule has 2 fully saturated rings. The maximum atomic E-state index is 11.9. The smallest absolute Gasteiger partial charge is 0.234 e. The molecule has 2 saturated heterocycles. The maximum absolute atomic E-state index is 11.9. The Bertz CT molecular complexity index is 273. The van der Waals surface area contributed by atoms with Crippen LogP contribution in [0.5, 0.6) is 0 Å². The minimum Gasteiger partial charge on any atom is -0.376 e. The third-order valence-corrected chi connectivity index (χ3v) is 3.92. The van der Waals surface area contributed by atoms with E-state index in [1.165, 1.54) is 12.8 Å². The molecule has 2 unspecified atom stereocenters. The Morgan fingerprint density at radius 2 is 2.16 bits per heavy atom. The zero-order chi connectivity index (χ0) is 12.8. The van der Waals surface area contributed by atoms with Crippen molar-refractivity contribution in [2.75, 3.05) is 32.8 Å². The number of halogens is 1. The lowest BCUT2D eigenvalue weighted by molar-refractivity contribution is -0.123. The van der Waals surface area contributed by atoms with E-state index in [1.807, 2.05) is 0 Å². The molecule has 2 aliphatic heterocycles. The summed E-state index contributed by atoms with van der Waals surface area (Å²) in [7, 11) is 0. The molecular formula is C13H26ClN3O2. The van der Waals surface area contributed by atoms with Crippen LogP contribution in [-0.4, -0.2) is 55.7 Å². The van der Waals surface area contributed by atoms with Crippen LogP contribution in [0.1, 0.15) is 32.1 Å². The van der Waals surface area contributed by atoms with E-state index in [1.54, 1.807) is 0 Å². The molecule has 0 bridgehead atoms. The van der Waals surface area contributed by atoms with Gasteiger partial charge in [-0.2, -0.15) is 0 Å². The molecule has 0 radical (unpaired) electrons. The van der Waals surface area contributed by atoms with Gasteiger partial charge in [0.15, 0.2) is 0 Å². The summed E-state index contributed by atoms with van der Waals surface area (Å²) in [6.45, 7) is 3.62. The Morgan fingerprint density at radius 1 is 1.32 bits per heavy atom. The highest BCUT2D eigenvalue weighted by atomic mass is 35.5. The van der Waals surface area contributed by atoms with Crippen molar-refractivity contribution in [2.24, 2.45) is 5.73 Å². The summed E-state index contributed by atoms with van der Waals surface area (Å²) in [4.78, 5) is 14.1. The predicted molar refractivity (Wildman–Crippen MR) is 77.5 cm³/mol. The number of piperidine rings is 1. The highest BCUT2D eigenvalue weighted by Crippen LogP contribution is 2.15. The van der Waals surface area contributed by atoms with E-state index in [9.17, 15) is 4.79 Å². The third-order valence-electron chi connectivity index (χ3n) is 3.92. The zero-order valence-electron chi connectivity index (χ0n) is 11.5. The molecule has 3 N–H and O–H groups in total. The maximum Gasteiger partial charge on any atom is 0.234 e. The van der Waals surface area contributed by atoms with Crippen molar-refractivity contribution in [1.82, 2.24) is 10.2 Å². The lowest BCUT2D eigenvalue weighted by Gasteiger charge is -2.34. The first-order valence-electron chi connectivity index (χ1n) is 7.12. The van der Waals surface area contributed by atoms with Crippen LogP contribution in [-0.2, 0) is 9.53 Å². The van der Waals surface area contributed by atoms with Crippen molar-refractivity contribution in [3.63, 3.8) is 0 Å². The second kappa shape index (κ2) is 8.74. The molecule has 112 valence electrons. The fourth-order valence-electron chi connectivity index (χ4n) is 2.81. The first kappa shape index (κ1) is 16.7. The van der Waals surface area contributed by atoms with Gasteiger partial charge in [-0.25, -0.2) is 0 Å². The van der Waals surface area contributed by atoms with Gasteiger partial charge in [0.1, 0.15) is 0 Å². The minimum atomic E-state index is 0. The van der Waals surface area contributed by atoms with Gasteiger partial charge in [-0.1, -0.05) is 6.42 Å². The van der Waals surface area contributed by atoms with Crippen molar-refractivity contribution in [3.05, 3.63) is 0 Å². The fourth-order valence-corrected chi connectivity index (χ4v) is 2.81. The van der Waals surface area contributed by atoms with Crippen molar-refractivity contribution in [2.45, 2.75) is 44.2 Å². The molecule has 0 saturated carbocycles. The zero-order valence-corrected chi connectivity index (χ0v) is 12.3. The van der Waals surface area contributed by atoms with Crippen LogP contribution in [0.2, 0.25) is 0 Å². The van der Waals surface area contributed by atoms with Gasteiger partial charge in [-0.3, -0.25) is 9.69 Å². The number of nitrogens with zero attached hydrogens (tertiary/aromatic N) is 1. The van der Waals surface area contributed by atoms with Crippen molar-refractivity contribution >= 4 is 18.3 Å². The average molecular weight is 292 g/mol. The molecule has 0 aromatic carbocycles. The molecule has 0 aromatic heterocycles. The molecule has 0 spiro atoms. The standard InChI is InChI=1S/C13H25N3O2.ClH/c14-8-11-4-1-2-6-16(11)10-13(17)15-9-12-5-3-7-18-12;/h11-12H,1-10,14H2,(H,15,17);1H. The Balaban J connectivity index is 0.00000180. The van der Waals surface area contributed by atoms with Gasteiger partial charge in [-0.05, 0) is 32.2 Å². The van der Waals surface area contributed by atoms with Gasteiger partial charge in [-0.15, -0.1) is 12.4 Å². The fraction of sp³-hybridized carbons (Fsp3) is 0.923. The number of hydrogen-bond acceptors (Lipinski definition) is 4. The van der Waals surface area contributed by atoms with E-state index >= 15 is 0 Å². The van der Waals surface area contributed by atoms with E-state index in [0.717, 1.165) is 32.4 Å². The molecule has 0 aromatic rings. The van der Waals surface area contributed by atoms with E-state index in [0.29, 0.717) is 25.7 Å². The largest absolute Gasteiger partial charge is 0.376 e. The molecule has 2 heterocycles. The van der Waals surface area contributed by atoms with Crippen LogP contribution in [0.4, 0.5) is 0 Å². The first-order chi connectivity index (χ1) is 8.79. The van der Waals surface area contributed by atoms with Crippen molar-refractivity contribution in [3.8, 4) is 0 Å². The molecule has 2 atom stereocenters. The Hall–Kier alpha value is -0.360. The molecule has 1 amide bonds. The number of rotatable bonds is 5. The second-order valence-electron chi connectivity index (χ2n) is 5.29. The third kappa shape index (κ3) is 5.26. The molecule has 6 heteroatoms. The molecule has 19 heavy (non-hydrogen) atoms. The monoisotopic (exact) mass is 291 g/mol. The number of carbonyl (C=O) groups excluding carboxylic acids is 1. The van der Waals surface area contributed by atoms with Crippen LogP contribution >= 0.6 is 12.4 Å². The van der Waals surface area contributed by atoms with Crippen LogP contribution in [0, 0.1) is 0 Å². The molecular weight excluding hydrogens is 266 g/mol. The highest BCUT2D eigenvalue weighted by Gasteiger charge is 2.23. The van der Waals surface area contributed by atoms with E-state index < -0.39 is 0 Å². The average Bonchev–Trinajstić information content (AvgIpc) is 2.90. The summed E-state index contributed by atoms with van der Waals surface area (Å²) in [5.74, 6) is 0.103. The number of nitrogens with one attached hydrogen (secondary N) is 1. The minimum absolute atomic E-state index is 0. The quantitative estimate of drug-likeness (QED) is 0.775. The van der Waals surface area contributed by atoms with Gasteiger partial charge in [0.25, 0.3) is 0 Å². The molecule has 0 aliphatic carbocycles. The SMILES string of the molecule is Cl.NCC1CCCCN1CC(=O)NCC1CCCO1. The second-order valence-corrected chi connectivity index (χ2v) is 5.29. The number of carbonyl (C=O) groups is 1. The lowest BCUT2D eigenvalue weighted by atomic mass is 10.0.